The number of aromatic nitrogens is 3. The van der Waals surface area contributed by atoms with Gasteiger partial charge in [-0.3, -0.25) is 0 Å². The molecule has 0 saturated heterocycles. The van der Waals surface area contributed by atoms with Crippen molar-refractivity contribution >= 4 is 22.8 Å². The first-order valence-corrected chi connectivity index (χ1v) is 7.34. The zero-order valence-corrected chi connectivity index (χ0v) is 12.5. The third kappa shape index (κ3) is 2.85. The molecule has 0 atom stereocenters. The summed E-state index contributed by atoms with van der Waals surface area (Å²) in [6.07, 6.45) is 2.68. The summed E-state index contributed by atoms with van der Waals surface area (Å²) < 4.78 is 7.26. The first kappa shape index (κ1) is 13.9. The van der Waals surface area contributed by atoms with E-state index in [0.29, 0.717) is 5.88 Å². The summed E-state index contributed by atoms with van der Waals surface area (Å²) >= 11 is 6.00. The summed E-state index contributed by atoms with van der Waals surface area (Å²) in [5.41, 5.74) is 3.03. The van der Waals surface area contributed by atoms with Crippen molar-refractivity contribution in [3.63, 3.8) is 0 Å². The van der Waals surface area contributed by atoms with Crippen LogP contribution >= 0.6 is 11.6 Å². The lowest BCUT2D eigenvalue weighted by molar-refractivity contribution is 0.414. The van der Waals surface area contributed by atoms with E-state index in [4.69, 9.17) is 16.3 Å². The minimum atomic E-state index is 0.388. The molecule has 0 N–H and O–H groups in total. The first-order chi connectivity index (χ1) is 10.3. The maximum Gasteiger partial charge on any atom is 0.160 e. The summed E-state index contributed by atoms with van der Waals surface area (Å²) in [7, 11) is 1.67. The van der Waals surface area contributed by atoms with Crippen molar-refractivity contribution in [2.24, 2.45) is 0 Å². The summed E-state index contributed by atoms with van der Waals surface area (Å²) in [4.78, 5) is 8.93. The van der Waals surface area contributed by atoms with E-state index in [1.54, 1.807) is 13.3 Å². The van der Waals surface area contributed by atoms with Crippen molar-refractivity contribution in [2.75, 3.05) is 7.11 Å². The molecule has 0 aliphatic carbocycles. The number of imidazole rings is 1. The molecule has 0 aliphatic heterocycles. The Morgan fingerprint density at radius 2 is 2.00 bits per heavy atom. The van der Waals surface area contributed by atoms with Gasteiger partial charge in [-0.1, -0.05) is 12.1 Å². The minimum absolute atomic E-state index is 0.388. The van der Waals surface area contributed by atoms with Crippen molar-refractivity contribution in [1.82, 2.24) is 14.5 Å². The molecule has 0 radical (unpaired) electrons. The SMILES string of the molecule is COc1ccc(CCn2c(CCl)nc3cccnc32)cc1. The number of halogens is 1. The van der Waals surface area contributed by atoms with E-state index >= 15 is 0 Å². The number of pyridine rings is 1. The molecule has 0 amide bonds. The van der Waals surface area contributed by atoms with Crippen LogP contribution in [0.3, 0.4) is 0 Å². The van der Waals surface area contributed by atoms with Gasteiger partial charge in [-0.15, -0.1) is 11.6 Å². The standard InChI is InChI=1S/C16H16ClN3O/c1-21-13-6-4-12(5-7-13)8-10-20-15(11-17)19-14-3-2-9-18-16(14)20/h2-7,9H,8,10-11H2,1H3. The molecule has 3 aromatic rings. The largest absolute Gasteiger partial charge is 0.497 e. The molecule has 0 aliphatic rings. The molecule has 2 heterocycles. The zero-order valence-electron chi connectivity index (χ0n) is 11.8. The van der Waals surface area contributed by atoms with Crippen molar-refractivity contribution in [1.29, 1.82) is 0 Å². The zero-order chi connectivity index (χ0) is 14.7. The van der Waals surface area contributed by atoms with Crippen LogP contribution in [0.1, 0.15) is 11.4 Å². The minimum Gasteiger partial charge on any atom is -0.497 e. The van der Waals surface area contributed by atoms with Gasteiger partial charge < -0.3 is 9.30 Å². The number of hydrogen-bond donors (Lipinski definition) is 0. The Kier molecular flexibility index (Phi) is 4.06. The fourth-order valence-electron chi connectivity index (χ4n) is 2.38. The molecule has 2 aromatic heterocycles. The Balaban J connectivity index is 1.83. The second-order valence-electron chi connectivity index (χ2n) is 4.76. The molecule has 108 valence electrons. The lowest BCUT2D eigenvalue weighted by atomic mass is 10.1. The highest BCUT2D eigenvalue weighted by atomic mass is 35.5. The predicted octanol–water partition coefficient (Wildman–Crippen LogP) is 3.42. The molecule has 4 nitrogen and oxygen atoms in total. The highest BCUT2D eigenvalue weighted by Gasteiger charge is 2.10. The number of benzene rings is 1. The lowest BCUT2D eigenvalue weighted by Crippen LogP contribution is -2.06. The average molecular weight is 302 g/mol. The number of aryl methyl sites for hydroxylation is 2. The van der Waals surface area contributed by atoms with Crippen LogP contribution in [-0.2, 0) is 18.8 Å². The van der Waals surface area contributed by atoms with Crippen LogP contribution in [0.2, 0.25) is 0 Å². The van der Waals surface area contributed by atoms with Gasteiger partial charge in [0, 0.05) is 12.7 Å². The van der Waals surface area contributed by atoms with Crippen LogP contribution in [0.4, 0.5) is 0 Å². The fraction of sp³-hybridized carbons (Fsp3) is 0.250. The van der Waals surface area contributed by atoms with Crippen LogP contribution in [0.15, 0.2) is 42.6 Å². The van der Waals surface area contributed by atoms with Gasteiger partial charge in [0.05, 0.1) is 13.0 Å². The van der Waals surface area contributed by atoms with Gasteiger partial charge in [-0.05, 0) is 36.2 Å². The van der Waals surface area contributed by atoms with Gasteiger partial charge in [-0.25, -0.2) is 9.97 Å². The predicted molar refractivity (Wildman–Crippen MR) is 83.8 cm³/mol. The normalized spacial score (nSPS) is 11.0. The van der Waals surface area contributed by atoms with Crippen LogP contribution in [-0.4, -0.2) is 21.6 Å². The Morgan fingerprint density at radius 1 is 1.19 bits per heavy atom. The van der Waals surface area contributed by atoms with E-state index in [1.807, 2.05) is 24.3 Å². The van der Waals surface area contributed by atoms with Crippen molar-refractivity contribution in [2.45, 2.75) is 18.8 Å². The summed E-state index contributed by atoms with van der Waals surface area (Å²) in [5.74, 6) is 2.12. The molecule has 0 spiro atoms. The molecule has 21 heavy (non-hydrogen) atoms. The van der Waals surface area contributed by atoms with E-state index in [2.05, 4.69) is 26.7 Å². The molecule has 0 bridgehead atoms. The summed E-state index contributed by atoms with van der Waals surface area (Å²) in [6, 6.07) is 11.9. The van der Waals surface area contributed by atoms with E-state index in [1.165, 1.54) is 5.56 Å². The van der Waals surface area contributed by atoms with Gasteiger partial charge >= 0.3 is 0 Å². The number of ether oxygens (including phenoxy) is 1. The third-order valence-corrected chi connectivity index (χ3v) is 3.72. The quantitative estimate of drug-likeness (QED) is 0.678. The Hall–Kier alpha value is -2.07. The van der Waals surface area contributed by atoms with Gasteiger partial charge in [-0.2, -0.15) is 0 Å². The van der Waals surface area contributed by atoms with E-state index in [9.17, 15) is 0 Å². The van der Waals surface area contributed by atoms with Gasteiger partial charge in [0.25, 0.3) is 0 Å². The molecule has 0 saturated carbocycles. The molecule has 0 unspecified atom stereocenters. The van der Waals surface area contributed by atoms with E-state index in [0.717, 1.165) is 35.7 Å². The van der Waals surface area contributed by atoms with Gasteiger partial charge in [0.2, 0.25) is 0 Å². The van der Waals surface area contributed by atoms with Crippen molar-refractivity contribution in [3.05, 3.63) is 54.0 Å². The second-order valence-corrected chi connectivity index (χ2v) is 5.02. The molecule has 5 heteroatoms. The van der Waals surface area contributed by atoms with Crippen molar-refractivity contribution < 1.29 is 4.74 Å². The summed E-state index contributed by atoms with van der Waals surface area (Å²) in [6.45, 7) is 0.807. The number of rotatable bonds is 5. The van der Waals surface area contributed by atoms with Gasteiger partial charge in [0.15, 0.2) is 5.65 Å². The lowest BCUT2D eigenvalue weighted by Gasteiger charge is -2.08. The number of hydrogen-bond acceptors (Lipinski definition) is 3. The number of fused-ring (bicyclic) bond motifs is 1. The fourth-order valence-corrected chi connectivity index (χ4v) is 2.58. The monoisotopic (exact) mass is 301 g/mol. The second kappa shape index (κ2) is 6.14. The summed E-state index contributed by atoms with van der Waals surface area (Å²) in [5, 5.41) is 0. The highest BCUT2D eigenvalue weighted by Crippen LogP contribution is 2.17. The molecular weight excluding hydrogens is 286 g/mol. The smallest absolute Gasteiger partial charge is 0.160 e. The van der Waals surface area contributed by atoms with Gasteiger partial charge in [0.1, 0.15) is 17.1 Å². The Labute approximate surface area is 128 Å². The molecule has 1 aromatic carbocycles. The Bertz CT molecular complexity index is 737. The number of methoxy groups -OCH3 is 1. The average Bonchev–Trinajstić information content (AvgIpc) is 2.91. The maximum atomic E-state index is 6.00. The van der Waals surface area contributed by atoms with E-state index < -0.39 is 0 Å². The van der Waals surface area contributed by atoms with Crippen LogP contribution in [0, 0.1) is 0 Å². The topological polar surface area (TPSA) is 39.9 Å². The van der Waals surface area contributed by atoms with Crippen LogP contribution in [0.5, 0.6) is 5.75 Å². The first-order valence-electron chi connectivity index (χ1n) is 6.81. The number of alkyl halides is 1. The number of nitrogens with zero attached hydrogens (tertiary/aromatic N) is 3. The molecule has 0 fully saturated rings. The highest BCUT2D eigenvalue weighted by molar-refractivity contribution is 6.16. The Morgan fingerprint density at radius 3 is 2.71 bits per heavy atom. The third-order valence-electron chi connectivity index (χ3n) is 3.49. The van der Waals surface area contributed by atoms with Crippen LogP contribution < -0.4 is 4.74 Å². The van der Waals surface area contributed by atoms with Crippen LogP contribution in [0.25, 0.3) is 11.2 Å². The van der Waals surface area contributed by atoms with E-state index in [-0.39, 0.29) is 0 Å². The molecule has 3 rings (SSSR count). The maximum absolute atomic E-state index is 6.00. The van der Waals surface area contributed by atoms with Crippen molar-refractivity contribution in [3.8, 4) is 5.75 Å². The molecular formula is C16H16ClN3O.